The Morgan fingerprint density at radius 2 is 0.786 bits per heavy atom. The highest BCUT2D eigenvalue weighted by Crippen LogP contribution is 2.59. The average molecular weight is 1460 g/mol. The van der Waals surface area contributed by atoms with Crippen molar-refractivity contribution in [2.75, 3.05) is 0 Å². The summed E-state index contributed by atoms with van der Waals surface area (Å²) in [7, 11) is 0. The summed E-state index contributed by atoms with van der Waals surface area (Å²) in [5.74, 6) is 0.302. The molecule has 2 aromatic heterocycles. The first kappa shape index (κ1) is 64.3. The smallest absolute Gasteiger partial charge is 0.0434 e. The van der Waals surface area contributed by atoms with Crippen molar-refractivity contribution >= 4 is 155 Å². The van der Waals surface area contributed by atoms with E-state index in [0.29, 0.717) is 0 Å². The Balaban J connectivity index is 0.584. The number of thiophene rings is 2. The molecule has 5 aliphatic rings. The van der Waals surface area contributed by atoms with E-state index in [2.05, 4.69) is 367 Å². The molecule has 0 saturated carbocycles. The molecule has 0 amide bonds. The van der Waals surface area contributed by atoms with Crippen LogP contribution < -0.4 is 0 Å². The second kappa shape index (κ2) is 24.0. The maximum Gasteiger partial charge on any atom is 0.0434 e. The minimum Gasteiger partial charge on any atom is -0.135 e. The van der Waals surface area contributed by atoms with Gasteiger partial charge >= 0.3 is 0 Å². The van der Waals surface area contributed by atoms with Crippen LogP contribution in [0.2, 0.25) is 0 Å². The zero-order valence-corrected chi connectivity index (χ0v) is 64.4. The fourth-order valence-electron chi connectivity index (χ4n) is 21.5. The molecule has 2 heteroatoms. The predicted molar refractivity (Wildman–Crippen MR) is 486 cm³/mol. The first-order chi connectivity index (χ1) is 55.1. The van der Waals surface area contributed by atoms with Gasteiger partial charge in [-0.3, -0.25) is 0 Å². The van der Waals surface area contributed by atoms with E-state index in [9.17, 15) is 0 Å². The van der Waals surface area contributed by atoms with Crippen LogP contribution in [0.1, 0.15) is 79.5 Å². The molecule has 526 valence electrons. The van der Waals surface area contributed by atoms with Gasteiger partial charge in [0.25, 0.3) is 0 Å². The van der Waals surface area contributed by atoms with Crippen molar-refractivity contribution in [2.45, 2.75) is 51.4 Å². The van der Waals surface area contributed by atoms with E-state index in [1.54, 1.807) is 0 Å². The molecule has 0 saturated heterocycles. The number of fused-ring (bicyclic) bond motifs is 23. The second-order valence-electron chi connectivity index (χ2n) is 32.9. The lowest BCUT2D eigenvalue weighted by Crippen LogP contribution is -2.19. The van der Waals surface area contributed by atoms with Gasteiger partial charge in [-0.25, -0.2) is 0 Å². The first-order valence-electron chi connectivity index (χ1n) is 39.8. The summed E-state index contributed by atoms with van der Waals surface area (Å²) in [6.45, 7) is 9.80. The molecule has 112 heavy (non-hydrogen) atoms. The Bertz CT molecular complexity index is 7560. The number of rotatable bonds is 7. The van der Waals surface area contributed by atoms with Gasteiger partial charge in [0.1, 0.15) is 0 Å². The molecule has 2 atom stereocenters. The van der Waals surface area contributed by atoms with Gasteiger partial charge in [-0.1, -0.05) is 331 Å². The molecule has 17 aromatic carbocycles. The van der Waals surface area contributed by atoms with Gasteiger partial charge in [0.15, 0.2) is 0 Å². The zero-order valence-electron chi connectivity index (χ0n) is 62.7. The Hall–Kier alpha value is -12.6. The molecule has 2 heterocycles. The van der Waals surface area contributed by atoms with Crippen LogP contribution in [0, 0.1) is 11.8 Å². The van der Waals surface area contributed by atoms with Crippen LogP contribution in [0.3, 0.4) is 0 Å². The highest BCUT2D eigenvalue weighted by atomic mass is 32.1. The normalized spacial score (nSPS) is 16.5. The van der Waals surface area contributed by atoms with Gasteiger partial charge < -0.3 is 0 Å². The SMILES string of the molecule is CC1(C)c2ccc(-c3c4ccccc4c(C4=CC=C(c5ccc(-c6cccc7c6sc6ccc8ccc9c(c8c67)C(C)(C)c6ccc(-c7c8ccccc8c(-c8ccc(C%10=CC=CCC%10)c%10ccccc8%10)c8ccccc78)cc6-9)cc5)C5C=CC=CC45)c4ccccc34)cc2-c2ccc3cc4c(cc3c21)sc1ccccc14. The summed E-state index contributed by atoms with van der Waals surface area (Å²) in [6, 6.07) is 110. The molecule has 0 nitrogen and oxygen atoms in total. The third-order valence-corrected chi connectivity index (χ3v) is 28.8. The highest BCUT2D eigenvalue weighted by molar-refractivity contribution is 7.26. The lowest BCUT2D eigenvalue weighted by molar-refractivity contribution is 0.666. The maximum absolute atomic E-state index is 2.53. The molecule has 0 radical (unpaired) electrons. The highest BCUT2D eigenvalue weighted by Gasteiger charge is 2.41. The van der Waals surface area contributed by atoms with Crippen LogP contribution in [0.25, 0.3) is 199 Å². The van der Waals surface area contributed by atoms with Crippen molar-refractivity contribution in [3.8, 4) is 66.8 Å². The minimum atomic E-state index is -0.260. The Morgan fingerprint density at radius 1 is 0.286 bits per heavy atom. The Labute approximate surface area is 658 Å². The van der Waals surface area contributed by atoms with E-state index in [0.717, 1.165) is 12.8 Å². The summed E-state index contributed by atoms with van der Waals surface area (Å²) in [4.78, 5) is 0. The molecule has 0 bridgehead atoms. The fraction of sp³-hybridized carbons (Fsp3) is 0.0909. The molecule has 0 spiro atoms. The van der Waals surface area contributed by atoms with Crippen molar-refractivity contribution in [3.05, 3.63) is 379 Å². The molecule has 0 N–H and O–H groups in total. The van der Waals surface area contributed by atoms with E-state index < -0.39 is 0 Å². The molecular formula is C110H74S2. The quantitative estimate of drug-likeness (QED) is 0.140. The van der Waals surface area contributed by atoms with Gasteiger partial charge in [0.05, 0.1) is 0 Å². The van der Waals surface area contributed by atoms with E-state index in [4.69, 9.17) is 0 Å². The van der Waals surface area contributed by atoms with Crippen molar-refractivity contribution in [1.29, 1.82) is 0 Å². The van der Waals surface area contributed by atoms with Crippen LogP contribution in [0.15, 0.2) is 340 Å². The maximum atomic E-state index is 2.53. The van der Waals surface area contributed by atoms with Gasteiger partial charge in [0.2, 0.25) is 0 Å². The van der Waals surface area contributed by atoms with Crippen molar-refractivity contribution < 1.29 is 0 Å². The third kappa shape index (κ3) is 9.11. The molecule has 5 aliphatic carbocycles. The molecule has 24 rings (SSSR count). The fourth-order valence-corrected chi connectivity index (χ4v) is 23.9. The van der Waals surface area contributed by atoms with Gasteiger partial charge in [-0.2, -0.15) is 0 Å². The summed E-state index contributed by atoms with van der Waals surface area (Å²) in [5, 5.41) is 23.6. The molecule has 19 aromatic rings. The van der Waals surface area contributed by atoms with Gasteiger partial charge in [-0.15, -0.1) is 22.7 Å². The average Bonchev–Trinajstić information content (AvgIpc) is 1.49. The van der Waals surface area contributed by atoms with Crippen LogP contribution in [0.4, 0.5) is 0 Å². The summed E-state index contributed by atoms with van der Waals surface area (Å²) in [6.07, 6.45) is 23.3. The molecule has 2 unspecified atom stereocenters. The molecular weight excluding hydrogens is 1390 g/mol. The lowest BCUT2D eigenvalue weighted by atomic mass is 9.70. The third-order valence-electron chi connectivity index (χ3n) is 26.5. The lowest BCUT2D eigenvalue weighted by Gasteiger charge is -2.33. The van der Waals surface area contributed by atoms with E-state index in [1.807, 2.05) is 22.7 Å². The van der Waals surface area contributed by atoms with Crippen molar-refractivity contribution in [2.24, 2.45) is 11.8 Å². The van der Waals surface area contributed by atoms with Crippen LogP contribution in [-0.2, 0) is 10.8 Å². The molecule has 0 fully saturated rings. The summed E-state index contributed by atoms with van der Waals surface area (Å²) < 4.78 is 5.36. The van der Waals surface area contributed by atoms with Crippen LogP contribution in [-0.4, -0.2) is 0 Å². The monoisotopic (exact) mass is 1460 g/mol. The van der Waals surface area contributed by atoms with E-state index in [-0.39, 0.29) is 22.7 Å². The second-order valence-corrected chi connectivity index (χ2v) is 35.1. The zero-order chi connectivity index (χ0) is 74.0. The molecule has 0 aliphatic heterocycles. The standard InChI is InChI=1S/C110H74S2/c1-109(2)95-56-47-68(60-92(95)88-51-46-67-59-94-77-29-20-21-40-97(77)111-99(94)62-91(67)106(88)109)100-78-30-12-16-34-82(78)104(83-35-17-13-31-79(83)100)87-55-53-71(74-26-9-11-28-76(74)87)64-41-43-65(44-42-64)72-38-22-39-90-105-98(112-108(72)90)58-49-66-45-50-89-93-61-69(48-57-96(93)110(3,4)107(89)102(66)105)101-80-32-14-18-36-84(80)103(85-37-19-15-33-81(85)101)86-54-52-70(63-23-6-5-7-24-63)73-25-8-10-27-75(73)86/h5-6,8-23,25-62,74,76H,7,24H2,1-4H3. The van der Waals surface area contributed by atoms with E-state index >= 15 is 0 Å². The van der Waals surface area contributed by atoms with Crippen LogP contribution >= 0.6 is 22.7 Å². The van der Waals surface area contributed by atoms with Crippen molar-refractivity contribution in [3.63, 3.8) is 0 Å². The van der Waals surface area contributed by atoms with Crippen LogP contribution in [0.5, 0.6) is 0 Å². The largest absolute Gasteiger partial charge is 0.135 e. The summed E-state index contributed by atoms with van der Waals surface area (Å²) in [5.41, 5.74) is 28.8. The topological polar surface area (TPSA) is 0 Å². The van der Waals surface area contributed by atoms with Gasteiger partial charge in [-0.05, 0) is 247 Å². The van der Waals surface area contributed by atoms with Crippen molar-refractivity contribution in [1.82, 2.24) is 0 Å². The number of benzene rings is 17. The number of hydrogen-bond donors (Lipinski definition) is 0. The minimum absolute atomic E-state index is 0.143. The number of allylic oxidation sites excluding steroid dienone is 12. The Morgan fingerprint density at radius 3 is 1.42 bits per heavy atom. The predicted octanol–water partition coefficient (Wildman–Crippen LogP) is 31.3. The first-order valence-corrected chi connectivity index (χ1v) is 41.5. The van der Waals surface area contributed by atoms with Gasteiger partial charge in [0, 0.05) is 63.0 Å². The van der Waals surface area contributed by atoms with E-state index in [1.165, 1.54) is 238 Å². The summed E-state index contributed by atoms with van der Waals surface area (Å²) >= 11 is 3.86. The Kier molecular flexibility index (Phi) is 13.8. The number of hydrogen-bond acceptors (Lipinski definition) is 2.